The number of carbonyl (C=O) groups excluding carboxylic acids is 1. The summed E-state index contributed by atoms with van der Waals surface area (Å²) in [6, 6.07) is 8.63. The van der Waals surface area contributed by atoms with E-state index in [0.717, 1.165) is 17.1 Å². The SMILES string of the molecule is Cc1nnsc1C(=O)NC(CCc1ccccc1)C(=O)O. The minimum Gasteiger partial charge on any atom is -0.480 e. The van der Waals surface area contributed by atoms with E-state index >= 15 is 0 Å². The minimum atomic E-state index is -1.05. The van der Waals surface area contributed by atoms with Gasteiger partial charge >= 0.3 is 5.97 Å². The number of hydrogen-bond acceptors (Lipinski definition) is 5. The summed E-state index contributed by atoms with van der Waals surface area (Å²) in [5, 5.41) is 15.5. The Hall–Kier alpha value is -2.28. The second-order valence-corrected chi connectivity index (χ2v) is 5.33. The molecule has 2 aromatic rings. The summed E-state index contributed by atoms with van der Waals surface area (Å²) in [5.74, 6) is -1.49. The third-order valence-electron chi connectivity index (χ3n) is 3.03. The number of amides is 1. The molecule has 0 radical (unpaired) electrons. The van der Waals surface area contributed by atoms with Crippen molar-refractivity contribution in [3.8, 4) is 0 Å². The van der Waals surface area contributed by atoms with Gasteiger partial charge in [-0.15, -0.1) is 5.10 Å². The van der Waals surface area contributed by atoms with Gasteiger partial charge in [0, 0.05) is 0 Å². The first-order valence-corrected chi connectivity index (χ1v) is 7.22. The molecule has 0 saturated heterocycles. The number of aromatic nitrogens is 2. The largest absolute Gasteiger partial charge is 0.480 e. The van der Waals surface area contributed by atoms with Crippen LogP contribution >= 0.6 is 11.5 Å². The van der Waals surface area contributed by atoms with Gasteiger partial charge in [0.1, 0.15) is 10.9 Å². The van der Waals surface area contributed by atoms with Crippen LogP contribution in [0.25, 0.3) is 0 Å². The van der Waals surface area contributed by atoms with E-state index in [1.807, 2.05) is 30.3 Å². The van der Waals surface area contributed by atoms with Crippen molar-refractivity contribution >= 4 is 23.4 Å². The summed E-state index contributed by atoms with van der Waals surface area (Å²) in [4.78, 5) is 23.6. The quantitative estimate of drug-likeness (QED) is 0.847. The molecule has 110 valence electrons. The monoisotopic (exact) mass is 305 g/mol. The lowest BCUT2D eigenvalue weighted by molar-refractivity contribution is -0.139. The maximum atomic E-state index is 12.0. The van der Waals surface area contributed by atoms with E-state index in [2.05, 4.69) is 14.9 Å². The zero-order valence-electron chi connectivity index (χ0n) is 11.4. The normalized spacial score (nSPS) is 11.9. The van der Waals surface area contributed by atoms with Gasteiger partial charge in [0.25, 0.3) is 5.91 Å². The van der Waals surface area contributed by atoms with Crippen LogP contribution in [0.4, 0.5) is 0 Å². The summed E-state index contributed by atoms with van der Waals surface area (Å²) >= 11 is 0.960. The van der Waals surface area contributed by atoms with Gasteiger partial charge in [-0.3, -0.25) is 4.79 Å². The number of nitrogens with zero attached hydrogens (tertiary/aromatic N) is 2. The van der Waals surface area contributed by atoms with Crippen molar-refractivity contribution in [1.82, 2.24) is 14.9 Å². The summed E-state index contributed by atoms with van der Waals surface area (Å²) in [5.41, 5.74) is 1.54. The fourth-order valence-corrected chi connectivity index (χ4v) is 2.44. The van der Waals surface area contributed by atoms with Crippen molar-refractivity contribution in [3.05, 3.63) is 46.5 Å². The van der Waals surface area contributed by atoms with E-state index in [1.165, 1.54) is 0 Å². The van der Waals surface area contributed by atoms with E-state index in [4.69, 9.17) is 0 Å². The van der Waals surface area contributed by atoms with Crippen molar-refractivity contribution in [2.24, 2.45) is 0 Å². The van der Waals surface area contributed by atoms with Gasteiger partial charge in [0.15, 0.2) is 0 Å². The molecule has 1 aromatic heterocycles. The van der Waals surface area contributed by atoms with Gasteiger partial charge in [-0.1, -0.05) is 34.8 Å². The number of carboxylic acids is 1. The van der Waals surface area contributed by atoms with Crippen LogP contribution in [-0.4, -0.2) is 32.6 Å². The van der Waals surface area contributed by atoms with Crippen molar-refractivity contribution in [3.63, 3.8) is 0 Å². The maximum Gasteiger partial charge on any atom is 0.326 e. The zero-order valence-corrected chi connectivity index (χ0v) is 12.3. The standard InChI is InChI=1S/C14H15N3O3S/c1-9-12(21-17-16-9)13(18)15-11(14(19)20)8-7-10-5-3-2-4-6-10/h2-6,11H,7-8H2,1H3,(H,15,18)(H,19,20). The molecule has 6 nitrogen and oxygen atoms in total. The van der Waals surface area contributed by atoms with Crippen molar-refractivity contribution in [1.29, 1.82) is 0 Å². The van der Waals surface area contributed by atoms with Gasteiger partial charge in [-0.05, 0) is 36.9 Å². The Morgan fingerprint density at radius 2 is 2.05 bits per heavy atom. The number of rotatable bonds is 6. The first kappa shape index (κ1) is 15.1. The third-order valence-corrected chi connectivity index (χ3v) is 3.85. The molecule has 0 aliphatic rings. The Morgan fingerprint density at radius 1 is 1.33 bits per heavy atom. The lowest BCUT2D eigenvalue weighted by Gasteiger charge is -2.13. The van der Waals surface area contributed by atoms with E-state index < -0.39 is 17.9 Å². The second-order valence-electron chi connectivity index (χ2n) is 4.58. The van der Waals surface area contributed by atoms with Gasteiger partial charge < -0.3 is 10.4 Å². The van der Waals surface area contributed by atoms with Crippen molar-refractivity contribution < 1.29 is 14.7 Å². The molecule has 0 aliphatic carbocycles. The fraction of sp³-hybridized carbons (Fsp3) is 0.286. The Balaban J connectivity index is 1.98. The predicted molar refractivity (Wildman–Crippen MR) is 78.3 cm³/mol. The molecule has 7 heteroatoms. The number of benzene rings is 1. The highest BCUT2D eigenvalue weighted by molar-refractivity contribution is 7.08. The summed E-state index contributed by atoms with van der Waals surface area (Å²) in [6.45, 7) is 1.66. The number of aryl methyl sites for hydroxylation is 2. The van der Waals surface area contributed by atoms with Crippen LogP contribution in [-0.2, 0) is 11.2 Å². The average molecular weight is 305 g/mol. The van der Waals surface area contributed by atoms with Crippen LogP contribution in [0, 0.1) is 6.92 Å². The number of hydrogen-bond donors (Lipinski definition) is 2. The number of carbonyl (C=O) groups is 2. The smallest absolute Gasteiger partial charge is 0.326 e. The summed E-state index contributed by atoms with van der Waals surface area (Å²) in [7, 11) is 0. The summed E-state index contributed by atoms with van der Waals surface area (Å²) in [6.07, 6.45) is 0.911. The molecule has 2 N–H and O–H groups in total. The molecule has 0 saturated carbocycles. The lowest BCUT2D eigenvalue weighted by Crippen LogP contribution is -2.41. The van der Waals surface area contributed by atoms with Crippen LogP contribution < -0.4 is 5.32 Å². The van der Waals surface area contributed by atoms with E-state index in [1.54, 1.807) is 6.92 Å². The van der Waals surface area contributed by atoms with Gasteiger partial charge in [0.05, 0.1) is 5.69 Å². The van der Waals surface area contributed by atoms with E-state index in [0.29, 0.717) is 23.4 Å². The summed E-state index contributed by atoms with van der Waals surface area (Å²) < 4.78 is 3.67. The molecule has 0 aliphatic heterocycles. The van der Waals surface area contributed by atoms with Gasteiger partial charge in [0.2, 0.25) is 0 Å². The molecular formula is C14H15N3O3S. The van der Waals surface area contributed by atoms with Crippen LogP contribution in [0.3, 0.4) is 0 Å². The maximum absolute atomic E-state index is 12.0. The predicted octanol–water partition coefficient (Wildman–Crippen LogP) is 1.66. The Bertz CT molecular complexity index is 627. The fourth-order valence-electron chi connectivity index (χ4n) is 1.88. The molecule has 1 atom stereocenters. The molecule has 2 rings (SSSR count). The minimum absolute atomic E-state index is 0.330. The van der Waals surface area contributed by atoms with Crippen LogP contribution in [0.15, 0.2) is 30.3 Å². The molecule has 1 aromatic carbocycles. The Morgan fingerprint density at radius 3 is 2.62 bits per heavy atom. The molecule has 21 heavy (non-hydrogen) atoms. The van der Waals surface area contributed by atoms with Crippen LogP contribution in [0.2, 0.25) is 0 Å². The van der Waals surface area contributed by atoms with Gasteiger partial charge in [-0.2, -0.15) is 0 Å². The lowest BCUT2D eigenvalue weighted by atomic mass is 10.1. The number of carboxylic acid groups (broad SMARTS) is 1. The molecular weight excluding hydrogens is 290 g/mol. The van der Waals surface area contributed by atoms with E-state index in [9.17, 15) is 14.7 Å². The molecule has 1 heterocycles. The highest BCUT2D eigenvalue weighted by atomic mass is 32.1. The molecule has 1 unspecified atom stereocenters. The number of nitrogens with one attached hydrogen (secondary N) is 1. The molecule has 0 spiro atoms. The molecule has 0 fully saturated rings. The van der Waals surface area contributed by atoms with Crippen LogP contribution in [0.5, 0.6) is 0 Å². The van der Waals surface area contributed by atoms with E-state index in [-0.39, 0.29) is 0 Å². The first-order chi connectivity index (χ1) is 10.1. The number of aliphatic carboxylic acids is 1. The second kappa shape index (κ2) is 6.94. The first-order valence-electron chi connectivity index (χ1n) is 6.44. The van der Waals surface area contributed by atoms with Crippen LogP contribution in [0.1, 0.15) is 27.3 Å². The third kappa shape index (κ3) is 4.09. The highest BCUT2D eigenvalue weighted by Crippen LogP contribution is 2.11. The highest BCUT2D eigenvalue weighted by Gasteiger charge is 2.22. The van der Waals surface area contributed by atoms with Crippen molar-refractivity contribution in [2.75, 3.05) is 0 Å². The van der Waals surface area contributed by atoms with Crippen molar-refractivity contribution in [2.45, 2.75) is 25.8 Å². The molecule has 0 bridgehead atoms. The Labute approximate surface area is 126 Å². The average Bonchev–Trinajstić information content (AvgIpc) is 2.90. The molecule has 1 amide bonds. The zero-order chi connectivity index (χ0) is 15.2. The topological polar surface area (TPSA) is 92.2 Å². The van der Waals surface area contributed by atoms with Gasteiger partial charge in [-0.25, -0.2) is 4.79 Å². The Kier molecular flexibility index (Phi) is 4.99.